The summed E-state index contributed by atoms with van der Waals surface area (Å²) in [5.74, 6) is 0.140. The Morgan fingerprint density at radius 1 is 1.61 bits per heavy atom. The molecule has 0 aliphatic carbocycles. The van der Waals surface area contributed by atoms with Crippen molar-refractivity contribution in [3.8, 4) is 0 Å². The maximum Gasteiger partial charge on any atom is 0.307 e. The molecule has 2 saturated heterocycles. The predicted octanol–water partition coefficient (Wildman–Crippen LogP) is 0.539. The molecule has 18 heavy (non-hydrogen) atoms. The fourth-order valence-corrected chi connectivity index (χ4v) is 3.11. The average molecular weight is 254 g/mol. The molecule has 0 aromatic rings. The second-order valence-electron chi connectivity index (χ2n) is 5.16. The quantitative estimate of drug-likeness (QED) is 0.744. The maximum absolute atomic E-state index is 11.7. The van der Waals surface area contributed by atoms with Gasteiger partial charge in [0.15, 0.2) is 0 Å². The molecule has 0 saturated carbocycles. The molecule has 102 valence electrons. The lowest BCUT2D eigenvalue weighted by molar-refractivity contribution is -0.144. The summed E-state index contributed by atoms with van der Waals surface area (Å²) in [6.07, 6.45) is 2.41. The molecule has 2 fully saturated rings. The zero-order valence-corrected chi connectivity index (χ0v) is 11.1. The Kier molecular flexibility index (Phi) is 4.22. The van der Waals surface area contributed by atoms with E-state index >= 15 is 0 Å². The average Bonchev–Trinajstić information content (AvgIpc) is 2.71. The minimum absolute atomic E-state index is 0.114. The smallest absolute Gasteiger partial charge is 0.307 e. The van der Waals surface area contributed by atoms with E-state index in [4.69, 9.17) is 4.74 Å². The van der Waals surface area contributed by atoms with Gasteiger partial charge in [0.1, 0.15) is 0 Å². The van der Waals surface area contributed by atoms with E-state index in [0.29, 0.717) is 13.0 Å². The minimum atomic E-state index is -0.149. The van der Waals surface area contributed by atoms with Crippen molar-refractivity contribution in [2.45, 2.75) is 45.2 Å². The molecule has 2 rings (SSSR count). The molecule has 5 heteroatoms. The third-order valence-electron chi connectivity index (χ3n) is 3.98. The number of amides is 1. The van der Waals surface area contributed by atoms with Crippen molar-refractivity contribution in [3.63, 3.8) is 0 Å². The van der Waals surface area contributed by atoms with E-state index in [0.717, 1.165) is 25.9 Å². The molecule has 0 spiro atoms. The first-order chi connectivity index (χ1) is 8.63. The number of likely N-dealkylation sites (tertiary alicyclic amines) is 1. The van der Waals surface area contributed by atoms with E-state index in [1.54, 1.807) is 0 Å². The van der Waals surface area contributed by atoms with Gasteiger partial charge in [-0.25, -0.2) is 0 Å². The molecule has 0 bridgehead atoms. The molecule has 1 amide bonds. The highest BCUT2D eigenvalue weighted by Gasteiger charge is 2.42. The number of carbonyl (C=O) groups is 2. The summed E-state index contributed by atoms with van der Waals surface area (Å²) in [6, 6.07) is 0.403. The van der Waals surface area contributed by atoms with Crippen molar-refractivity contribution < 1.29 is 14.3 Å². The van der Waals surface area contributed by atoms with Crippen molar-refractivity contribution in [2.75, 3.05) is 19.7 Å². The molecule has 0 radical (unpaired) electrons. The molecule has 3 atom stereocenters. The van der Waals surface area contributed by atoms with Gasteiger partial charge in [0, 0.05) is 18.6 Å². The number of fused-ring (bicyclic) bond motifs is 1. The molecule has 2 aliphatic rings. The van der Waals surface area contributed by atoms with E-state index in [1.165, 1.54) is 0 Å². The monoisotopic (exact) mass is 254 g/mol. The zero-order valence-electron chi connectivity index (χ0n) is 11.1. The lowest BCUT2D eigenvalue weighted by Crippen LogP contribution is -2.50. The van der Waals surface area contributed by atoms with Crippen LogP contribution in [0.15, 0.2) is 0 Å². The topological polar surface area (TPSA) is 58.6 Å². The predicted molar refractivity (Wildman–Crippen MR) is 66.9 cm³/mol. The van der Waals surface area contributed by atoms with Gasteiger partial charge in [-0.2, -0.15) is 0 Å². The summed E-state index contributed by atoms with van der Waals surface area (Å²) in [4.78, 5) is 25.5. The van der Waals surface area contributed by atoms with Gasteiger partial charge in [0.25, 0.3) is 0 Å². The third-order valence-corrected chi connectivity index (χ3v) is 3.98. The Hall–Kier alpha value is -1.10. The lowest BCUT2D eigenvalue weighted by atomic mass is 9.90. The van der Waals surface area contributed by atoms with Gasteiger partial charge in [-0.05, 0) is 33.2 Å². The summed E-state index contributed by atoms with van der Waals surface area (Å²) in [6.45, 7) is 5.98. The van der Waals surface area contributed by atoms with Crippen LogP contribution < -0.4 is 5.32 Å². The maximum atomic E-state index is 11.7. The summed E-state index contributed by atoms with van der Waals surface area (Å²) in [7, 11) is 0. The van der Waals surface area contributed by atoms with Gasteiger partial charge >= 0.3 is 5.97 Å². The summed E-state index contributed by atoms with van der Waals surface area (Å²) in [5.41, 5.74) is 0. The van der Waals surface area contributed by atoms with E-state index in [9.17, 15) is 9.59 Å². The van der Waals surface area contributed by atoms with Gasteiger partial charge in [-0.1, -0.05) is 0 Å². The largest absolute Gasteiger partial charge is 0.466 e. The number of ether oxygens (including phenoxy) is 1. The van der Waals surface area contributed by atoms with Gasteiger partial charge < -0.3 is 10.1 Å². The highest BCUT2D eigenvalue weighted by Crippen LogP contribution is 2.29. The fourth-order valence-electron chi connectivity index (χ4n) is 3.11. The number of rotatable bonds is 4. The van der Waals surface area contributed by atoms with Crippen LogP contribution in [0.2, 0.25) is 0 Å². The number of nitrogens with zero attached hydrogens (tertiary/aromatic N) is 1. The van der Waals surface area contributed by atoms with E-state index < -0.39 is 0 Å². The van der Waals surface area contributed by atoms with Crippen molar-refractivity contribution in [1.29, 1.82) is 0 Å². The van der Waals surface area contributed by atoms with Crippen molar-refractivity contribution in [3.05, 3.63) is 0 Å². The van der Waals surface area contributed by atoms with Gasteiger partial charge in [0.2, 0.25) is 5.91 Å². The molecular weight excluding hydrogens is 232 g/mol. The van der Waals surface area contributed by atoms with Crippen LogP contribution in [0.5, 0.6) is 0 Å². The van der Waals surface area contributed by atoms with Crippen LogP contribution in [-0.4, -0.2) is 48.6 Å². The summed E-state index contributed by atoms with van der Waals surface area (Å²) >= 11 is 0. The van der Waals surface area contributed by atoms with Crippen LogP contribution >= 0.6 is 0 Å². The Morgan fingerprint density at radius 2 is 2.39 bits per heavy atom. The number of esters is 1. The van der Waals surface area contributed by atoms with E-state index in [1.807, 2.05) is 13.8 Å². The Balaban J connectivity index is 1.95. The first kappa shape index (κ1) is 13.3. The van der Waals surface area contributed by atoms with Crippen LogP contribution in [0.4, 0.5) is 0 Å². The SMILES string of the molecule is CCOC(=O)CC(C)N1CCCC2C(=O)NCC21. The summed E-state index contributed by atoms with van der Waals surface area (Å²) in [5, 5.41) is 2.93. The van der Waals surface area contributed by atoms with Gasteiger partial charge in [-0.15, -0.1) is 0 Å². The van der Waals surface area contributed by atoms with E-state index in [-0.39, 0.29) is 29.9 Å². The third kappa shape index (κ3) is 2.66. The first-order valence-electron chi connectivity index (χ1n) is 6.82. The minimum Gasteiger partial charge on any atom is -0.466 e. The van der Waals surface area contributed by atoms with Crippen molar-refractivity contribution in [2.24, 2.45) is 5.92 Å². The van der Waals surface area contributed by atoms with Crippen LogP contribution in [0.3, 0.4) is 0 Å². The normalized spacial score (nSPS) is 29.6. The van der Waals surface area contributed by atoms with Crippen molar-refractivity contribution >= 4 is 11.9 Å². The van der Waals surface area contributed by atoms with Crippen LogP contribution in [0.1, 0.15) is 33.1 Å². The first-order valence-corrected chi connectivity index (χ1v) is 6.82. The van der Waals surface area contributed by atoms with Crippen LogP contribution in [0.25, 0.3) is 0 Å². The Morgan fingerprint density at radius 3 is 3.11 bits per heavy atom. The molecule has 2 heterocycles. The van der Waals surface area contributed by atoms with Crippen LogP contribution in [0, 0.1) is 5.92 Å². The molecule has 2 aliphatic heterocycles. The van der Waals surface area contributed by atoms with Gasteiger partial charge in [-0.3, -0.25) is 14.5 Å². The van der Waals surface area contributed by atoms with Gasteiger partial charge in [0.05, 0.1) is 18.9 Å². The molecular formula is C13H22N2O3. The number of carbonyl (C=O) groups excluding carboxylic acids is 2. The Labute approximate surface area is 108 Å². The number of piperidine rings is 1. The molecule has 5 nitrogen and oxygen atoms in total. The summed E-state index contributed by atoms with van der Waals surface area (Å²) < 4.78 is 4.99. The molecule has 0 aromatic carbocycles. The zero-order chi connectivity index (χ0) is 13.1. The standard InChI is InChI=1S/C13H22N2O3/c1-3-18-12(16)7-9(2)15-6-4-5-10-11(15)8-14-13(10)17/h9-11H,3-8H2,1-2H3,(H,14,17). The van der Waals surface area contributed by atoms with E-state index in [2.05, 4.69) is 10.2 Å². The molecule has 1 N–H and O–H groups in total. The Bertz CT molecular complexity index is 332. The van der Waals surface area contributed by atoms with Crippen LogP contribution in [-0.2, 0) is 14.3 Å². The number of hydrogen-bond acceptors (Lipinski definition) is 4. The number of hydrogen-bond donors (Lipinski definition) is 1. The highest BCUT2D eigenvalue weighted by molar-refractivity contribution is 5.82. The number of nitrogens with one attached hydrogen (secondary N) is 1. The second kappa shape index (κ2) is 5.69. The molecule has 3 unspecified atom stereocenters. The second-order valence-corrected chi connectivity index (χ2v) is 5.16. The fraction of sp³-hybridized carbons (Fsp3) is 0.846. The lowest BCUT2D eigenvalue weighted by Gasteiger charge is -2.39. The van der Waals surface area contributed by atoms with Crippen molar-refractivity contribution in [1.82, 2.24) is 10.2 Å². The molecule has 0 aromatic heterocycles. The highest BCUT2D eigenvalue weighted by atomic mass is 16.5.